The molecule has 0 fully saturated rings. The van der Waals surface area contributed by atoms with Crippen molar-refractivity contribution in [3.05, 3.63) is 60.4 Å². The highest BCUT2D eigenvalue weighted by atomic mass is 19.1. The fraction of sp³-hybridized carbons (Fsp3) is 0. The van der Waals surface area contributed by atoms with Crippen LogP contribution in [0.5, 0.6) is 0 Å². The predicted octanol–water partition coefficient (Wildman–Crippen LogP) is 2.55. The number of aromatic nitrogens is 5. The number of nitriles is 1. The second kappa shape index (κ2) is 6.10. The van der Waals surface area contributed by atoms with Crippen LogP contribution in [0.15, 0.2) is 49.1 Å². The van der Waals surface area contributed by atoms with Crippen molar-refractivity contribution in [3.8, 4) is 11.8 Å². The summed E-state index contributed by atoms with van der Waals surface area (Å²) in [5, 5.41) is 16.9. The lowest BCUT2D eigenvalue weighted by Gasteiger charge is -2.08. The molecule has 0 bridgehead atoms. The van der Waals surface area contributed by atoms with Gasteiger partial charge in [0.15, 0.2) is 0 Å². The number of hydrogen-bond donors (Lipinski definition) is 2. The minimum absolute atomic E-state index is 0.238. The SMILES string of the molecule is N#Cc1ccc(-n2ncc3cnc(Nc4cc(N)ncn4)cc32)c(F)c1. The minimum atomic E-state index is -0.538. The summed E-state index contributed by atoms with van der Waals surface area (Å²) in [6.45, 7) is 0. The molecule has 0 saturated heterocycles. The second-order valence-electron chi connectivity index (χ2n) is 5.42. The lowest BCUT2D eigenvalue weighted by atomic mass is 10.2. The Morgan fingerprint density at radius 1 is 1.08 bits per heavy atom. The van der Waals surface area contributed by atoms with E-state index in [0.717, 1.165) is 5.39 Å². The Labute approximate surface area is 146 Å². The number of hydrogen-bond acceptors (Lipinski definition) is 7. The van der Waals surface area contributed by atoms with Gasteiger partial charge in [-0.05, 0) is 18.2 Å². The molecule has 3 N–H and O–H groups in total. The van der Waals surface area contributed by atoms with Crippen molar-refractivity contribution >= 4 is 28.4 Å². The van der Waals surface area contributed by atoms with Crippen LogP contribution < -0.4 is 11.1 Å². The van der Waals surface area contributed by atoms with Gasteiger partial charge < -0.3 is 11.1 Å². The number of fused-ring (bicyclic) bond motifs is 1. The maximum absolute atomic E-state index is 14.3. The third-order valence-corrected chi connectivity index (χ3v) is 3.70. The number of nitrogens with zero attached hydrogens (tertiary/aromatic N) is 6. The maximum Gasteiger partial charge on any atom is 0.150 e. The Bertz CT molecular complexity index is 1160. The van der Waals surface area contributed by atoms with Gasteiger partial charge in [-0.2, -0.15) is 10.4 Å². The molecule has 0 amide bonds. The van der Waals surface area contributed by atoms with Gasteiger partial charge >= 0.3 is 0 Å². The van der Waals surface area contributed by atoms with Crippen molar-refractivity contribution in [2.45, 2.75) is 0 Å². The zero-order chi connectivity index (χ0) is 18.1. The second-order valence-corrected chi connectivity index (χ2v) is 5.42. The molecule has 0 spiro atoms. The number of anilines is 3. The first-order valence-electron chi connectivity index (χ1n) is 7.52. The molecule has 4 rings (SSSR count). The van der Waals surface area contributed by atoms with Crippen LogP contribution in [0, 0.1) is 17.1 Å². The summed E-state index contributed by atoms with van der Waals surface area (Å²) in [6, 6.07) is 9.42. The lowest BCUT2D eigenvalue weighted by molar-refractivity contribution is 0.612. The van der Waals surface area contributed by atoms with Crippen LogP contribution in [0.1, 0.15) is 5.56 Å². The van der Waals surface area contributed by atoms with Gasteiger partial charge in [0.2, 0.25) is 0 Å². The topological polar surface area (TPSA) is 118 Å². The summed E-state index contributed by atoms with van der Waals surface area (Å²) in [7, 11) is 0. The van der Waals surface area contributed by atoms with E-state index in [1.54, 1.807) is 24.5 Å². The van der Waals surface area contributed by atoms with Crippen molar-refractivity contribution < 1.29 is 4.39 Å². The molecule has 126 valence electrons. The van der Waals surface area contributed by atoms with Gasteiger partial charge in [-0.15, -0.1) is 0 Å². The number of pyridine rings is 1. The van der Waals surface area contributed by atoms with Crippen LogP contribution in [-0.4, -0.2) is 24.7 Å². The largest absolute Gasteiger partial charge is 0.384 e. The number of halogens is 1. The van der Waals surface area contributed by atoms with E-state index < -0.39 is 5.82 Å². The Kier molecular flexibility index (Phi) is 3.63. The summed E-state index contributed by atoms with van der Waals surface area (Å²) >= 11 is 0. The van der Waals surface area contributed by atoms with Gasteiger partial charge in [-0.3, -0.25) is 0 Å². The molecule has 0 aliphatic carbocycles. The molecule has 26 heavy (non-hydrogen) atoms. The highest BCUT2D eigenvalue weighted by Gasteiger charge is 2.12. The van der Waals surface area contributed by atoms with Crippen LogP contribution in [0.4, 0.5) is 21.8 Å². The van der Waals surface area contributed by atoms with Crippen molar-refractivity contribution in [2.24, 2.45) is 0 Å². The van der Waals surface area contributed by atoms with Crippen LogP contribution in [0.2, 0.25) is 0 Å². The Morgan fingerprint density at radius 2 is 1.92 bits per heavy atom. The van der Waals surface area contributed by atoms with E-state index in [2.05, 4.69) is 25.4 Å². The molecule has 0 unspecified atom stereocenters. The van der Waals surface area contributed by atoms with Crippen LogP contribution in [-0.2, 0) is 0 Å². The summed E-state index contributed by atoms with van der Waals surface area (Å²) in [6.07, 6.45) is 4.55. The molecule has 3 heterocycles. The van der Waals surface area contributed by atoms with E-state index >= 15 is 0 Å². The molecule has 0 radical (unpaired) electrons. The third kappa shape index (κ3) is 2.76. The van der Waals surface area contributed by atoms with Crippen molar-refractivity contribution in [1.82, 2.24) is 24.7 Å². The van der Waals surface area contributed by atoms with Crippen LogP contribution in [0.25, 0.3) is 16.6 Å². The van der Waals surface area contributed by atoms with E-state index in [0.29, 0.717) is 23.0 Å². The molecular formula is C17H11FN8. The number of rotatable bonds is 3. The molecule has 0 aliphatic heterocycles. The highest BCUT2D eigenvalue weighted by Crippen LogP contribution is 2.23. The predicted molar refractivity (Wildman–Crippen MR) is 93.3 cm³/mol. The smallest absolute Gasteiger partial charge is 0.150 e. The van der Waals surface area contributed by atoms with Gasteiger partial charge in [0.05, 0.1) is 23.3 Å². The Morgan fingerprint density at radius 3 is 2.69 bits per heavy atom. The van der Waals surface area contributed by atoms with E-state index in [9.17, 15) is 4.39 Å². The first kappa shape index (κ1) is 15.5. The fourth-order valence-corrected chi connectivity index (χ4v) is 2.50. The summed E-state index contributed by atoms with van der Waals surface area (Å²) in [5.41, 5.74) is 6.76. The molecule has 3 aromatic heterocycles. The molecule has 0 saturated carbocycles. The normalized spacial score (nSPS) is 10.6. The molecule has 1 aromatic carbocycles. The van der Waals surface area contributed by atoms with E-state index in [1.165, 1.54) is 29.2 Å². The number of nitrogens with one attached hydrogen (secondary N) is 1. The van der Waals surface area contributed by atoms with Crippen molar-refractivity contribution in [1.29, 1.82) is 5.26 Å². The molecule has 9 heteroatoms. The third-order valence-electron chi connectivity index (χ3n) is 3.70. The molecule has 4 aromatic rings. The lowest BCUT2D eigenvalue weighted by Crippen LogP contribution is -2.02. The van der Waals surface area contributed by atoms with Gasteiger partial charge in [-0.1, -0.05) is 0 Å². The summed E-state index contributed by atoms with van der Waals surface area (Å²) in [5.74, 6) is 0.767. The Hall–Kier alpha value is -4.06. The monoisotopic (exact) mass is 346 g/mol. The van der Waals surface area contributed by atoms with Gasteiger partial charge in [-0.25, -0.2) is 24.0 Å². The standard InChI is InChI=1S/C17H11FN8/c18-12-3-10(6-19)1-2-13(12)26-14-4-16(21-7-11(14)8-24-26)25-17-5-15(20)22-9-23-17/h1-5,7-9H,(H3,20,21,22,23,25). The number of nitrogen functional groups attached to an aromatic ring is 1. The zero-order valence-corrected chi connectivity index (χ0v) is 13.3. The quantitative estimate of drug-likeness (QED) is 0.585. The molecule has 0 aliphatic rings. The van der Waals surface area contributed by atoms with Crippen molar-refractivity contribution in [3.63, 3.8) is 0 Å². The van der Waals surface area contributed by atoms with Gasteiger partial charge in [0.1, 0.15) is 35.3 Å². The van der Waals surface area contributed by atoms with E-state index in [1.807, 2.05) is 6.07 Å². The van der Waals surface area contributed by atoms with Gasteiger partial charge in [0, 0.05) is 23.7 Å². The minimum Gasteiger partial charge on any atom is -0.384 e. The summed E-state index contributed by atoms with van der Waals surface area (Å²) in [4.78, 5) is 12.2. The number of benzene rings is 1. The first-order valence-corrected chi connectivity index (χ1v) is 7.52. The maximum atomic E-state index is 14.3. The molecule has 8 nitrogen and oxygen atoms in total. The van der Waals surface area contributed by atoms with Gasteiger partial charge in [0.25, 0.3) is 0 Å². The fourth-order valence-electron chi connectivity index (χ4n) is 2.50. The Balaban J connectivity index is 1.77. The summed E-state index contributed by atoms with van der Waals surface area (Å²) < 4.78 is 15.8. The van der Waals surface area contributed by atoms with Crippen LogP contribution >= 0.6 is 0 Å². The van der Waals surface area contributed by atoms with Crippen LogP contribution in [0.3, 0.4) is 0 Å². The molecule has 0 atom stereocenters. The van der Waals surface area contributed by atoms with Crippen molar-refractivity contribution in [2.75, 3.05) is 11.1 Å². The number of nitrogens with two attached hydrogens (primary N) is 1. The average Bonchev–Trinajstić information content (AvgIpc) is 3.04. The average molecular weight is 346 g/mol. The first-order chi connectivity index (χ1) is 12.6. The highest BCUT2D eigenvalue weighted by molar-refractivity contribution is 5.82. The molecular weight excluding hydrogens is 335 g/mol. The van der Waals surface area contributed by atoms with E-state index in [4.69, 9.17) is 11.0 Å². The zero-order valence-electron chi connectivity index (χ0n) is 13.3. The van der Waals surface area contributed by atoms with E-state index in [-0.39, 0.29) is 11.3 Å².